The van der Waals surface area contributed by atoms with Gasteiger partial charge in [-0.15, -0.1) is 0 Å². The van der Waals surface area contributed by atoms with E-state index in [9.17, 15) is 13.2 Å². The highest BCUT2D eigenvalue weighted by Crippen LogP contribution is 2.21. The Morgan fingerprint density at radius 2 is 1.76 bits per heavy atom. The molecule has 0 bridgehead atoms. The second kappa shape index (κ2) is 8.96. The van der Waals surface area contributed by atoms with Crippen molar-refractivity contribution in [2.75, 3.05) is 7.05 Å². The van der Waals surface area contributed by atoms with E-state index in [2.05, 4.69) is 20.4 Å². The van der Waals surface area contributed by atoms with Crippen molar-refractivity contribution >= 4 is 5.96 Å². The summed E-state index contributed by atoms with van der Waals surface area (Å²) in [6.45, 7) is -0.540. The van der Waals surface area contributed by atoms with Crippen LogP contribution in [-0.2, 0) is 13.1 Å². The second-order valence-corrected chi connectivity index (χ2v) is 5.36. The van der Waals surface area contributed by atoms with Gasteiger partial charge in [0.15, 0.2) is 5.96 Å². The minimum absolute atomic E-state index is 0.109. The third-order valence-electron chi connectivity index (χ3n) is 3.51. The molecule has 7 heteroatoms. The summed E-state index contributed by atoms with van der Waals surface area (Å²) >= 11 is 0. The van der Waals surface area contributed by atoms with Crippen molar-refractivity contribution in [2.45, 2.75) is 26.6 Å². The molecule has 0 atom stereocenters. The number of nitrogens with zero attached hydrogens (tertiary/aromatic N) is 1. The van der Waals surface area contributed by atoms with Crippen LogP contribution in [0, 0.1) is 12.7 Å². The summed E-state index contributed by atoms with van der Waals surface area (Å²) in [5.74, 6) is 0.224. The van der Waals surface area contributed by atoms with E-state index in [-0.39, 0.29) is 24.7 Å². The Kier molecular flexibility index (Phi) is 6.68. The maximum Gasteiger partial charge on any atom is 0.387 e. The molecule has 25 heavy (non-hydrogen) atoms. The molecule has 0 aliphatic carbocycles. The van der Waals surface area contributed by atoms with Gasteiger partial charge in [-0.25, -0.2) is 4.39 Å². The van der Waals surface area contributed by atoms with Crippen LogP contribution in [0.15, 0.2) is 47.5 Å². The topological polar surface area (TPSA) is 45.7 Å². The molecule has 0 amide bonds. The smallest absolute Gasteiger partial charge is 0.387 e. The lowest BCUT2D eigenvalue weighted by atomic mass is 10.1. The molecule has 0 radical (unpaired) electrons. The predicted molar refractivity (Wildman–Crippen MR) is 91.2 cm³/mol. The van der Waals surface area contributed by atoms with Crippen molar-refractivity contribution in [3.8, 4) is 5.75 Å². The molecule has 0 aliphatic rings. The first kappa shape index (κ1) is 18.6. The van der Waals surface area contributed by atoms with Crippen LogP contribution >= 0.6 is 0 Å². The molecule has 2 aromatic rings. The van der Waals surface area contributed by atoms with Crippen molar-refractivity contribution in [3.63, 3.8) is 0 Å². The van der Waals surface area contributed by atoms with Gasteiger partial charge in [-0.2, -0.15) is 8.78 Å². The summed E-state index contributed by atoms with van der Waals surface area (Å²) in [7, 11) is 1.57. The Labute approximate surface area is 144 Å². The minimum atomic E-state index is -2.89. The Balaban J connectivity index is 1.99. The van der Waals surface area contributed by atoms with Crippen molar-refractivity contribution in [1.82, 2.24) is 10.6 Å². The molecule has 134 valence electrons. The number of guanidine groups is 1. The van der Waals surface area contributed by atoms with Crippen LogP contribution in [0.3, 0.4) is 0 Å². The Hall–Kier alpha value is -2.70. The number of nitrogens with one attached hydrogen (secondary N) is 2. The Morgan fingerprint density at radius 3 is 2.40 bits per heavy atom. The van der Waals surface area contributed by atoms with Crippen LogP contribution in [0.4, 0.5) is 13.2 Å². The predicted octanol–water partition coefficient (Wildman–Crippen LogP) is 3.60. The first-order valence-electron chi connectivity index (χ1n) is 7.72. The molecular formula is C18H20F3N3O. The highest BCUT2D eigenvalue weighted by molar-refractivity contribution is 5.79. The van der Waals surface area contributed by atoms with Crippen LogP contribution < -0.4 is 15.4 Å². The number of alkyl halides is 2. The van der Waals surface area contributed by atoms with Gasteiger partial charge in [-0.1, -0.05) is 35.9 Å². The monoisotopic (exact) mass is 351 g/mol. The molecule has 0 aliphatic heterocycles. The van der Waals surface area contributed by atoms with Gasteiger partial charge in [0.1, 0.15) is 11.6 Å². The standard InChI is InChI=1S/C18H20F3N3O/c1-12-7-8-16(25-17(20)21)14(9-12)11-24-18(22-2)23-10-13-5-3-4-6-15(13)19/h3-9,17H,10-11H2,1-2H3,(H2,22,23,24). The third-order valence-corrected chi connectivity index (χ3v) is 3.51. The lowest BCUT2D eigenvalue weighted by molar-refractivity contribution is -0.0504. The SMILES string of the molecule is CN=C(NCc1ccccc1F)NCc1cc(C)ccc1OC(F)F. The average molecular weight is 351 g/mol. The van der Waals surface area contributed by atoms with Gasteiger partial charge in [0.05, 0.1) is 0 Å². The van der Waals surface area contributed by atoms with Crippen molar-refractivity contribution in [2.24, 2.45) is 4.99 Å². The molecule has 0 saturated heterocycles. The first-order valence-corrected chi connectivity index (χ1v) is 7.72. The van der Waals surface area contributed by atoms with E-state index in [1.54, 1.807) is 37.4 Å². The minimum Gasteiger partial charge on any atom is -0.434 e. The summed E-state index contributed by atoms with van der Waals surface area (Å²) in [5, 5.41) is 5.99. The number of ether oxygens (including phenoxy) is 1. The zero-order valence-electron chi connectivity index (χ0n) is 14.0. The van der Waals surface area contributed by atoms with Crippen LogP contribution in [0.1, 0.15) is 16.7 Å². The van der Waals surface area contributed by atoms with E-state index in [0.717, 1.165) is 5.56 Å². The number of halogens is 3. The highest BCUT2D eigenvalue weighted by Gasteiger charge is 2.10. The maximum absolute atomic E-state index is 13.6. The molecule has 0 heterocycles. The fourth-order valence-electron chi connectivity index (χ4n) is 2.28. The normalized spacial score (nSPS) is 11.5. The van der Waals surface area contributed by atoms with Crippen LogP contribution in [-0.4, -0.2) is 19.6 Å². The van der Waals surface area contributed by atoms with Gasteiger partial charge < -0.3 is 15.4 Å². The van der Waals surface area contributed by atoms with E-state index < -0.39 is 6.61 Å². The second-order valence-electron chi connectivity index (χ2n) is 5.36. The summed E-state index contributed by atoms with van der Waals surface area (Å²) in [6, 6.07) is 11.4. The summed E-state index contributed by atoms with van der Waals surface area (Å²) in [5.41, 5.74) is 2.00. The van der Waals surface area contributed by atoms with Crippen LogP contribution in [0.5, 0.6) is 5.75 Å². The molecule has 2 aromatic carbocycles. The van der Waals surface area contributed by atoms with Crippen LogP contribution in [0.25, 0.3) is 0 Å². The van der Waals surface area contributed by atoms with Crippen LogP contribution in [0.2, 0.25) is 0 Å². The zero-order valence-corrected chi connectivity index (χ0v) is 14.0. The van der Waals surface area contributed by atoms with E-state index in [1.165, 1.54) is 12.1 Å². The van der Waals surface area contributed by atoms with E-state index in [1.807, 2.05) is 6.92 Å². The van der Waals surface area contributed by atoms with Crippen molar-refractivity contribution in [1.29, 1.82) is 0 Å². The molecular weight excluding hydrogens is 331 g/mol. The van der Waals surface area contributed by atoms with Gasteiger partial charge in [0.2, 0.25) is 0 Å². The molecule has 0 saturated carbocycles. The average Bonchev–Trinajstić information content (AvgIpc) is 2.58. The lowest BCUT2D eigenvalue weighted by Crippen LogP contribution is -2.36. The summed E-state index contributed by atoms with van der Waals surface area (Å²) < 4.78 is 43.2. The molecule has 0 fully saturated rings. The Bertz CT molecular complexity index is 735. The number of hydrogen-bond acceptors (Lipinski definition) is 2. The number of aliphatic imine (C=N–C) groups is 1. The maximum atomic E-state index is 13.6. The van der Waals surface area contributed by atoms with Gasteiger partial charge in [0, 0.05) is 31.3 Å². The van der Waals surface area contributed by atoms with Gasteiger partial charge in [-0.05, 0) is 19.1 Å². The number of benzene rings is 2. The molecule has 0 aromatic heterocycles. The fourth-order valence-corrected chi connectivity index (χ4v) is 2.28. The fraction of sp³-hybridized carbons (Fsp3) is 0.278. The zero-order chi connectivity index (χ0) is 18.2. The number of aryl methyl sites for hydroxylation is 1. The molecule has 2 rings (SSSR count). The first-order chi connectivity index (χ1) is 12.0. The Morgan fingerprint density at radius 1 is 1.08 bits per heavy atom. The summed E-state index contributed by atoms with van der Waals surface area (Å²) in [4.78, 5) is 4.04. The molecule has 0 unspecified atom stereocenters. The van der Waals surface area contributed by atoms with Crippen molar-refractivity contribution in [3.05, 3.63) is 65.0 Å². The summed E-state index contributed by atoms with van der Waals surface area (Å²) in [6.07, 6.45) is 0. The lowest BCUT2D eigenvalue weighted by Gasteiger charge is -2.15. The third kappa shape index (κ3) is 5.70. The van der Waals surface area contributed by atoms with E-state index in [0.29, 0.717) is 17.1 Å². The van der Waals surface area contributed by atoms with Crippen molar-refractivity contribution < 1.29 is 17.9 Å². The van der Waals surface area contributed by atoms with Gasteiger partial charge >= 0.3 is 6.61 Å². The molecule has 2 N–H and O–H groups in total. The number of hydrogen-bond donors (Lipinski definition) is 2. The highest BCUT2D eigenvalue weighted by atomic mass is 19.3. The molecule has 0 spiro atoms. The quantitative estimate of drug-likeness (QED) is 0.617. The van der Waals surface area contributed by atoms with Gasteiger partial charge in [0.25, 0.3) is 0 Å². The number of rotatable bonds is 6. The largest absolute Gasteiger partial charge is 0.434 e. The van der Waals surface area contributed by atoms with E-state index >= 15 is 0 Å². The molecule has 4 nitrogen and oxygen atoms in total. The van der Waals surface area contributed by atoms with Gasteiger partial charge in [-0.3, -0.25) is 4.99 Å². The van der Waals surface area contributed by atoms with E-state index in [4.69, 9.17) is 0 Å².